The Hall–Kier alpha value is -4.34. The second kappa shape index (κ2) is 8.71. The van der Waals surface area contributed by atoms with Gasteiger partial charge in [0.25, 0.3) is 0 Å². The summed E-state index contributed by atoms with van der Waals surface area (Å²) < 4.78 is 55.6. The second-order valence-electron chi connectivity index (χ2n) is 8.17. The first-order valence-electron chi connectivity index (χ1n) is 10.8. The standard InChI is InChI=1S/C26H20F3N3O4/c1-32(18-6-4-5-17(9-18)26(27,28)29)25-30-11-16(12-31-25)22-19-10-21(35-3)20(34-2)8-14(19)7-15-13-36-24(33)23(15)22/h4-12H,13H2,1-3H3. The van der Waals surface area contributed by atoms with E-state index in [-0.39, 0.29) is 18.2 Å². The number of carbonyl (C=O) groups excluding carboxylic acids is 1. The van der Waals surface area contributed by atoms with Crippen LogP contribution in [0.2, 0.25) is 0 Å². The van der Waals surface area contributed by atoms with Crippen molar-refractivity contribution in [3.05, 3.63) is 71.5 Å². The molecule has 0 aliphatic carbocycles. The lowest BCUT2D eigenvalue weighted by Crippen LogP contribution is -2.14. The molecule has 3 aromatic carbocycles. The lowest BCUT2D eigenvalue weighted by Gasteiger charge is -2.19. The Morgan fingerprint density at radius 3 is 2.33 bits per heavy atom. The summed E-state index contributed by atoms with van der Waals surface area (Å²) in [7, 11) is 4.64. The first-order chi connectivity index (χ1) is 17.2. The van der Waals surface area contributed by atoms with Crippen LogP contribution in [0.25, 0.3) is 21.9 Å². The Labute approximate surface area is 204 Å². The van der Waals surface area contributed by atoms with E-state index in [2.05, 4.69) is 9.97 Å². The Kier molecular flexibility index (Phi) is 5.66. The number of rotatable bonds is 5. The molecular formula is C26H20F3N3O4. The van der Waals surface area contributed by atoms with Gasteiger partial charge in [0, 0.05) is 41.8 Å². The molecule has 0 amide bonds. The van der Waals surface area contributed by atoms with E-state index in [4.69, 9.17) is 14.2 Å². The van der Waals surface area contributed by atoms with Gasteiger partial charge in [0.1, 0.15) is 6.61 Å². The van der Waals surface area contributed by atoms with Gasteiger partial charge in [0.15, 0.2) is 11.5 Å². The number of cyclic esters (lactones) is 1. The Balaban J connectivity index is 1.61. The highest BCUT2D eigenvalue weighted by atomic mass is 19.4. The van der Waals surface area contributed by atoms with E-state index in [1.54, 1.807) is 19.2 Å². The molecule has 1 aliphatic rings. The first-order valence-corrected chi connectivity index (χ1v) is 10.8. The summed E-state index contributed by atoms with van der Waals surface area (Å²) in [5, 5.41) is 1.53. The molecule has 0 fully saturated rings. The highest BCUT2D eigenvalue weighted by molar-refractivity contribution is 6.11. The van der Waals surface area contributed by atoms with E-state index in [1.807, 2.05) is 12.1 Å². The zero-order valence-corrected chi connectivity index (χ0v) is 19.5. The zero-order chi connectivity index (χ0) is 25.6. The van der Waals surface area contributed by atoms with Crippen molar-refractivity contribution in [2.45, 2.75) is 12.8 Å². The largest absolute Gasteiger partial charge is 0.493 e. The van der Waals surface area contributed by atoms with Crippen molar-refractivity contribution in [3.8, 4) is 22.6 Å². The maximum atomic E-state index is 13.1. The summed E-state index contributed by atoms with van der Waals surface area (Å²) in [5.74, 6) is 0.758. The average molecular weight is 495 g/mol. The molecule has 2 heterocycles. The third-order valence-electron chi connectivity index (χ3n) is 6.08. The number of hydrogen-bond acceptors (Lipinski definition) is 7. The fourth-order valence-electron chi connectivity index (χ4n) is 4.28. The monoisotopic (exact) mass is 495 g/mol. The number of alkyl halides is 3. The van der Waals surface area contributed by atoms with E-state index >= 15 is 0 Å². The number of methoxy groups -OCH3 is 2. The van der Waals surface area contributed by atoms with E-state index in [9.17, 15) is 18.0 Å². The van der Waals surface area contributed by atoms with E-state index in [1.165, 1.54) is 37.6 Å². The second-order valence-corrected chi connectivity index (χ2v) is 8.17. The van der Waals surface area contributed by atoms with Gasteiger partial charge in [-0.1, -0.05) is 6.07 Å². The van der Waals surface area contributed by atoms with E-state index < -0.39 is 17.7 Å². The fourth-order valence-corrected chi connectivity index (χ4v) is 4.28. The third-order valence-corrected chi connectivity index (χ3v) is 6.08. The molecule has 0 saturated carbocycles. The number of anilines is 2. The van der Waals surface area contributed by atoms with Gasteiger partial charge < -0.3 is 19.1 Å². The summed E-state index contributed by atoms with van der Waals surface area (Å²) in [4.78, 5) is 22.9. The molecule has 5 rings (SSSR count). The van der Waals surface area contributed by atoms with Gasteiger partial charge in [-0.25, -0.2) is 14.8 Å². The SMILES string of the molecule is COc1cc2cc3c(c(-c4cnc(N(C)c5cccc(C(F)(F)F)c5)nc4)c2cc1OC)C(=O)OC3. The molecule has 0 radical (unpaired) electrons. The Bertz CT molecular complexity index is 1490. The summed E-state index contributed by atoms with van der Waals surface area (Å²) in [6.07, 6.45) is -1.40. The van der Waals surface area contributed by atoms with Crippen LogP contribution in [0.15, 0.2) is 54.9 Å². The van der Waals surface area contributed by atoms with Gasteiger partial charge >= 0.3 is 12.1 Å². The molecule has 184 valence electrons. The maximum absolute atomic E-state index is 13.1. The first kappa shape index (κ1) is 23.4. The number of esters is 1. The number of hydrogen-bond donors (Lipinski definition) is 0. The summed E-state index contributed by atoms with van der Waals surface area (Å²) in [6, 6.07) is 10.4. The van der Waals surface area contributed by atoms with Crippen LogP contribution in [-0.4, -0.2) is 37.2 Å². The Morgan fingerprint density at radius 1 is 0.972 bits per heavy atom. The minimum atomic E-state index is -4.46. The number of halogens is 3. The van der Waals surface area contributed by atoms with Crippen molar-refractivity contribution in [2.24, 2.45) is 0 Å². The number of nitrogens with zero attached hydrogens (tertiary/aromatic N) is 3. The topological polar surface area (TPSA) is 73.8 Å². The molecule has 0 spiro atoms. The van der Waals surface area contributed by atoms with Crippen LogP contribution in [-0.2, 0) is 17.5 Å². The van der Waals surface area contributed by atoms with Gasteiger partial charge in [-0.2, -0.15) is 13.2 Å². The van der Waals surface area contributed by atoms with Crippen LogP contribution in [0, 0.1) is 0 Å². The smallest absolute Gasteiger partial charge is 0.416 e. The van der Waals surface area contributed by atoms with Crippen molar-refractivity contribution in [2.75, 3.05) is 26.2 Å². The molecule has 0 bridgehead atoms. The van der Waals surface area contributed by atoms with Crippen molar-refractivity contribution >= 4 is 28.4 Å². The molecule has 1 aromatic heterocycles. The van der Waals surface area contributed by atoms with Crippen molar-refractivity contribution < 1.29 is 32.2 Å². The molecule has 0 N–H and O–H groups in total. The molecule has 36 heavy (non-hydrogen) atoms. The van der Waals surface area contributed by atoms with Gasteiger partial charge in [0.2, 0.25) is 5.95 Å². The summed E-state index contributed by atoms with van der Waals surface area (Å²) in [6.45, 7) is 0.142. The normalized spacial score (nSPS) is 12.9. The average Bonchev–Trinajstić information content (AvgIpc) is 3.25. The van der Waals surface area contributed by atoms with Crippen LogP contribution in [0.5, 0.6) is 11.5 Å². The van der Waals surface area contributed by atoms with Gasteiger partial charge in [0.05, 0.1) is 25.3 Å². The van der Waals surface area contributed by atoms with Gasteiger partial charge in [-0.15, -0.1) is 0 Å². The molecule has 0 atom stereocenters. The predicted octanol–water partition coefficient (Wildman–Crippen LogP) is 5.77. The molecule has 7 nitrogen and oxygen atoms in total. The number of fused-ring (bicyclic) bond motifs is 2. The highest BCUT2D eigenvalue weighted by Gasteiger charge is 2.31. The highest BCUT2D eigenvalue weighted by Crippen LogP contribution is 2.42. The molecular weight excluding hydrogens is 475 g/mol. The molecule has 1 aliphatic heterocycles. The summed E-state index contributed by atoms with van der Waals surface area (Å²) in [5.41, 5.74) is 1.78. The van der Waals surface area contributed by atoms with Crippen LogP contribution >= 0.6 is 0 Å². The minimum absolute atomic E-state index is 0.142. The van der Waals surface area contributed by atoms with Crippen LogP contribution in [0.3, 0.4) is 0 Å². The van der Waals surface area contributed by atoms with Crippen molar-refractivity contribution in [1.82, 2.24) is 9.97 Å². The van der Waals surface area contributed by atoms with Crippen LogP contribution in [0.1, 0.15) is 21.5 Å². The maximum Gasteiger partial charge on any atom is 0.416 e. The quantitative estimate of drug-likeness (QED) is 0.326. The van der Waals surface area contributed by atoms with E-state index in [0.717, 1.165) is 23.1 Å². The summed E-state index contributed by atoms with van der Waals surface area (Å²) >= 11 is 0. The minimum Gasteiger partial charge on any atom is -0.493 e. The van der Waals surface area contributed by atoms with Crippen molar-refractivity contribution in [3.63, 3.8) is 0 Å². The molecule has 4 aromatic rings. The van der Waals surface area contributed by atoms with Gasteiger partial charge in [-0.05, 0) is 47.2 Å². The lowest BCUT2D eigenvalue weighted by atomic mass is 9.91. The molecule has 0 unspecified atom stereocenters. The lowest BCUT2D eigenvalue weighted by molar-refractivity contribution is -0.137. The molecule has 10 heteroatoms. The number of ether oxygens (including phenoxy) is 3. The van der Waals surface area contributed by atoms with Gasteiger partial charge in [-0.3, -0.25) is 0 Å². The predicted molar refractivity (Wildman–Crippen MR) is 127 cm³/mol. The zero-order valence-electron chi connectivity index (χ0n) is 19.5. The van der Waals surface area contributed by atoms with Crippen molar-refractivity contribution in [1.29, 1.82) is 0 Å². The number of aromatic nitrogens is 2. The number of benzene rings is 3. The fraction of sp³-hybridized carbons (Fsp3) is 0.192. The Morgan fingerprint density at radius 2 is 1.67 bits per heavy atom. The number of carbonyl (C=O) groups is 1. The van der Waals surface area contributed by atoms with Crippen LogP contribution in [0.4, 0.5) is 24.8 Å². The third kappa shape index (κ3) is 3.94. The molecule has 0 saturated heterocycles. The van der Waals surface area contributed by atoms with Crippen LogP contribution < -0.4 is 14.4 Å². The van der Waals surface area contributed by atoms with E-state index in [0.29, 0.717) is 33.6 Å².